The molecule has 0 unspecified atom stereocenters. The van der Waals surface area contributed by atoms with Gasteiger partial charge >= 0.3 is 0 Å². The molecule has 0 aliphatic carbocycles. The van der Waals surface area contributed by atoms with Gasteiger partial charge < -0.3 is 19.8 Å². The van der Waals surface area contributed by atoms with E-state index in [1.807, 2.05) is 60.8 Å². The number of aromatic nitrogens is 1. The number of H-pyrrole nitrogens is 1. The van der Waals surface area contributed by atoms with Gasteiger partial charge in [-0.15, -0.1) is 0 Å². The monoisotopic (exact) mass is 372 g/mol. The van der Waals surface area contributed by atoms with Gasteiger partial charge in [0, 0.05) is 28.4 Å². The van der Waals surface area contributed by atoms with Gasteiger partial charge in [0.2, 0.25) is 0 Å². The van der Waals surface area contributed by atoms with Gasteiger partial charge in [-0.2, -0.15) is 0 Å². The van der Waals surface area contributed by atoms with Crippen LogP contribution in [0.3, 0.4) is 0 Å². The summed E-state index contributed by atoms with van der Waals surface area (Å²) in [4.78, 5) is 15.8. The maximum absolute atomic E-state index is 12.6. The van der Waals surface area contributed by atoms with E-state index in [0.717, 1.165) is 22.2 Å². The van der Waals surface area contributed by atoms with Crippen molar-refractivity contribution in [3.8, 4) is 11.5 Å². The fourth-order valence-corrected chi connectivity index (χ4v) is 3.00. The summed E-state index contributed by atoms with van der Waals surface area (Å²) in [7, 11) is 1.56. The smallest absolute Gasteiger partial charge is 0.255 e. The summed E-state index contributed by atoms with van der Waals surface area (Å²) in [6.45, 7) is 0.430. The number of amides is 1. The van der Waals surface area contributed by atoms with Crippen molar-refractivity contribution in [2.24, 2.45) is 0 Å². The SMILES string of the molecule is COc1cc(C(=O)Nc2ccc3[nH]ccc3c2)ccc1OCc1ccccc1. The van der Waals surface area contributed by atoms with Gasteiger partial charge in [-0.25, -0.2) is 0 Å². The van der Waals surface area contributed by atoms with Crippen molar-refractivity contribution in [3.63, 3.8) is 0 Å². The lowest BCUT2D eigenvalue weighted by molar-refractivity contribution is 0.102. The van der Waals surface area contributed by atoms with Crippen LogP contribution in [0.15, 0.2) is 79.0 Å². The second kappa shape index (κ2) is 7.88. The molecule has 1 aromatic heterocycles. The average Bonchev–Trinajstić information content (AvgIpc) is 3.20. The van der Waals surface area contributed by atoms with Gasteiger partial charge in [0.15, 0.2) is 11.5 Å². The largest absolute Gasteiger partial charge is 0.493 e. The lowest BCUT2D eigenvalue weighted by atomic mass is 10.1. The topological polar surface area (TPSA) is 63.3 Å². The molecular formula is C23H20N2O3. The molecule has 0 aliphatic heterocycles. The van der Waals surface area contributed by atoms with Gasteiger partial charge in [0.05, 0.1) is 7.11 Å². The minimum Gasteiger partial charge on any atom is -0.493 e. The van der Waals surface area contributed by atoms with Crippen molar-refractivity contribution in [2.75, 3.05) is 12.4 Å². The molecule has 0 spiro atoms. The highest BCUT2D eigenvalue weighted by molar-refractivity contribution is 6.05. The summed E-state index contributed by atoms with van der Waals surface area (Å²) in [5.74, 6) is 0.907. The predicted octanol–water partition coefficient (Wildman–Crippen LogP) is 5.01. The normalized spacial score (nSPS) is 10.6. The molecule has 0 saturated carbocycles. The molecule has 5 heteroatoms. The molecule has 4 aromatic rings. The van der Waals surface area contributed by atoms with Gasteiger partial charge in [0.25, 0.3) is 5.91 Å². The first kappa shape index (κ1) is 17.7. The molecule has 0 radical (unpaired) electrons. The molecule has 2 N–H and O–H groups in total. The van der Waals surface area contributed by atoms with Crippen LogP contribution in [-0.2, 0) is 6.61 Å². The lowest BCUT2D eigenvalue weighted by Crippen LogP contribution is -2.12. The number of hydrogen-bond acceptors (Lipinski definition) is 3. The van der Waals surface area contributed by atoms with Crippen LogP contribution in [-0.4, -0.2) is 18.0 Å². The fraction of sp³-hybridized carbons (Fsp3) is 0.0870. The van der Waals surface area contributed by atoms with Crippen molar-refractivity contribution >= 4 is 22.5 Å². The Bertz CT molecular complexity index is 1100. The third kappa shape index (κ3) is 3.83. The number of aromatic amines is 1. The highest BCUT2D eigenvalue weighted by atomic mass is 16.5. The molecule has 0 bridgehead atoms. The molecule has 5 nitrogen and oxygen atoms in total. The minimum absolute atomic E-state index is 0.206. The van der Waals surface area contributed by atoms with Crippen LogP contribution in [0.1, 0.15) is 15.9 Å². The zero-order valence-corrected chi connectivity index (χ0v) is 15.4. The Labute approximate surface area is 162 Å². The second-order valence-electron chi connectivity index (χ2n) is 6.37. The summed E-state index contributed by atoms with van der Waals surface area (Å²) in [6.07, 6.45) is 1.87. The summed E-state index contributed by atoms with van der Waals surface area (Å²) < 4.78 is 11.3. The molecule has 1 amide bonds. The van der Waals surface area contributed by atoms with E-state index in [-0.39, 0.29) is 5.91 Å². The molecule has 28 heavy (non-hydrogen) atoms. The quantitative estimate of drug-likeness (QED) is 0.500. The molecule has 4 rings (SSSR count). The fourth-order valence-electron chi connectivity index (χ4n) is 3.00. The summed E-state index contributed by atoms with van der Waals surface area (Å²) in [5, 5.41) is 3.96. The lowest BCUT2D eigenvalue weighted by Gasteiger charge is -2.12. The van der Waals surface area contributed by atoms with Crippen molar-refractivity contribution in [3.05, 3.63) is 90.1 Å². The van der Waals surface area contributed by atoms with Crippen LogP contribution in [0, 0.1) is 0 Å². The van der Waals surface area contributed by atoms with E-state index < -0.39 is 0 Å². The van der Waals surface area contributed by atoms with Crippen LogP contribution in [0.25, 0.3) is 10.9 Å². The number of anilines is 1. The van der Waals surface area contributed by atoms with Crippen LogP contribution in [0.2, 0.25) is 0 Å². The number of carbonyl (C=O) groups excluding carboxylic acids is 1. The maximum Gasteiger partial charge on any atom is 0.255 e. The molecular weight excluding hydrogens is 352 g/mol. The van der Waals surface area contributed by atoms with Crippen LogP contribution < -0.4 is 14.8 Å². The van der Waals surface area contributed by atoms with Gasteiger partial charge in [-0.1, -0.05) is 30.3 Å². The van der Waals surface area contributed by atoms with Gasteiger partial charge in [-0.05, 0) is 48.0 Å². The number of hydrogen-bond donors (Lipinski definition) is 2. The predicted molar refractivity (Wildman–Crippen MR) is 110 cm³/mol. The highest BCUT2D eigenvalue weighted by Gasteiger charge is 2.12. The molecule has 140 valence electrons. The Morgan fingerprint density at radius 2 is 1.82 bits per heavy atom. The molecule has 0 atom stereocenters. The third-order valence-electron chi connectivity index (χ3n) is 4.47. The number of nitrogens with one attached hydrogen (secondary N) is 2. The van der Waals surface area contributed by atoms with Crippen LogP contribution in [0.4, 0.5) is 5.69 Å². The second-order valence-corrected chi connectivity index (χ2v) is 6.37. The van der Waals surface area contributed by atoms with Gasteiger partial charge in [0.1, 0.15) is 6.61 Å². The van der Waals surface area contributed by atoms with E-state index >= 15 is 0 Å². The number of benzene rings is 3. The number of ether oxygens (including phenoxy) is 2. The van der Waals surface area contributed by atoms with E-state index in [4.69, 9.17) is 9.47 Å². The van der Waals surface area contributed by atoms with E-state index in [9.17, 15) is 4.79 Å². The number of methoxy groups -OCH3 is 1. The van der Waals surface area contributed by atoms with Gasteiger partial charge in [-0.3, -0.25) is 4.79 Å². The maximum atomic E-state index is 12.6. The Hall–Kier alpha value is -3.73. The van der Waals surface area contributed by atoms with Crippen molar-refractivity contribution in [2.45, 2.75) is 6.61 Å². The summed E-state index contributed by atoms with van der Waals surface area (Å²) in [5.41, 5.74) is 3.32. The zero-order chi connectivity index (χ0) is 19.3. The summed E-state index contributed by atoms with van der Waals surface area (Å²) >= 11 is 0. The van der Waals surface area contributed by atoms with E-state index in [2.05, 4.69) is 10.3 Å². The minimum atomic E-state index is -0.206. The Balaban J connectivity index is 1.48. The highest BCUT2D eigenvalue weighted by Crippen LogP contribution is 2.29. The van der Waals surface area contributed by atoms with E-state index in [1.54, 1.807) is 25.3 Å². The Kier molecular flexibility index (Phi) is 4.97. The van der Waals surface area contributed by atoms with Crippen molar-refractivity contribution in [1.82, 2.24) is 4.98 Å². The number of carbonyl (C=O) groups is 1. The Morgan fingerprint density at radius 3 is 2.64 bits per heavy atom. The Morgan fingerprint density at radius 1 is 0.964 bits per heavy atom. The first-order valence-corrected chi connectivity index (χ1v) is 8.96. The summed E-state index contributed by atoms with van der Waals surface area (Å²) in [6, 6.07) is 22.8. The first-order valence-electron chi connectivity index (χ1n) is 8.96. The van der Waals surface area contributed by atoms with Crippen LogP contribution in [0.5, 0.6) is 11.5 Å². The molecule has 0 fully saturated rings. The molecule has 1 heterocycles. The van der Waals surface area contributed by atoms with Crippen molar-refractivity contribution in [1.29, 1.82) is 0 Å². The first-order chi connectivity index (χ1) is 13.7. The van der Waals surface area contributed by atoms with E-state index in [1.165, 1.54) is 0 Å². The van der Waals surface area contributed by atoms with Crippen LogP contribution >= 0.6 is 0 Å². The third-order valence-corrected chi connectivity index (χ3v) is 4.47. The average molecular weight is 372 g/mol. The molecule has 3 aromatic carbocycles. The molecule has 0 aliphatic rings. The number of fused-ring (bicyclic) bond motifs is 1. The van der Waals surface area contributed by atoms with Crippen molar-refractivity contribution < 1.29 is 14.3 Å². The molecule has 0 saturated heterocycles. The standard InChI is InChI=1S/C23H20N2O3/c1-27-22-14-18(7-10-21(22)28-15-16-5-3-2-4-6-16)23(26)25-19-8-9-20-17(13-19)11-12-24-20/h2-14,24H,15H2,1H3,(H,25,26). The number of rotatable bonds is 6. The zero-order valence-electron chi connectivity index (χ0n) is 15.4. The van der Waals surface area contributed by atoms with E-state index in [0.29, 0.717) is 23.7 Å².